The summed E-state index contributed by atoms with van der Waals surface area (Å²) >= 11 is 3.41. The number of aryl methyl sites for hydroxylation is 1. The average molecular weight is 356 g/mol. The number of rotatable bonds is 7. The number of methoxy groups -OCH3 is 1. The predicted octanol–water partition coefficient (Wildman–Crippen LogP) is 2.38. The standard InChI is InChI=1S/C15H18BrNO4/c1-10-3-4-11(12(16)9-10)5-6-14(18)17-13(15(19)20)7-8-21-2/h3-6,9,13H,7-8H2,1-2H3,(H,17,18)(H,19,20). The molecule has 0 aliphatic carbocycles. The number of aliphatic carboxylic acids is 1. The zero-order chi connectivity index (χ0) is 15.8. The molecule has 0 radical (unpaired) electrons. The summed E-state index contributed by atoms with van der Waals surface area (Å²) in [5.41, 5.74) is 1.95. The van der Waals surface area contributed by atoms with Crippen LogP contribution in [0.1, 0.15) is 17.5 Å². The molecular weight excluding hydrogens is 338 g/mol. The van der Waals surface area contributed by atoms with E-state index in [9.17, 15) is 9.59 Å². The van der Waals surface area contributed by atoms with Crippen molar-refractivity contribution in [3.05, 3.63) is 39.9 Å². The highest BCUT2D eigenvalue weighted by Gasteiger charge is 2.18. The van der Waals surface area contributed by atoms with Crippen LogP contribution in [0.3, 0.4) is 0 Å². The van der Waals surface area contributed by atoms with Gasteiger partial charge in [0.05, 0.1) is 0 Å². The molecule has 0 saturated heterocycles. The maximum Gasteiger partial charge on any atom is 0.326 e. The zero-order valence-corrected chi connectivity index (χ0v) is 13.5. The normalized spacial score (nSPS) is 12.3. The average Bonchev–Trinajstić information content (AvgIpc) is 2.42. The second-order valence-electron chi connectivity index (χ2n) is 4.54. The summed E-state index contributed by atoms with van der Waals surface area (Å²) in [5.74, 6) is -1.53. The number of benzene rings is 1. The van der Waals surface area contributed by atoms with Crippen LogP contribution in [0.5, 0.6) is 0 Å². The largest absolute Gasteiger partial charge is 0.480 e. The minimum atomic E-state index is -1.08. The number of hydrogen-bond donors (Lipinski definition) is 2. The summed E-state index contributed by atoms with van der Waals surface area (Å²) in [7, 11) is 1.48. The molecule has 0 fully saturated rings. The molecule has 0 bridgehead atoms. The quantitative estimate of drug-likeness (QED) is 0.736. The Morgan fingerprint density at radius 1 is 1.48 bits per heavy atom. The highest BCUT2D eigenvalue weighted by atomic mass is 79.9. The molecule has 1 aromatic carbocycles. The molecular formula is C15H18BrNO4. The molecule has 0 saturated carbocycles. The molecule has 0 spiro atoms. The van der Waals surface area contributed by atoms with Crippen molar-refractivity contribution < 1.29 is 19.4 Å². The molecule has 6 heteroatoms. The number of carbonyl (C=O) groups excluding carboxylic acids is 1. The predicted molar refractivity (Wildman–Crippen MR) is 84.0 cm³/mol. The van der Waals surface area contributed by atoms with Crippen LogP contribution in [-0.4, -0.2) is 36.7 Å². The Labute approximate surface area is 132 Å². The number of amides is 1. The first-order valence-electron chi connectivity index (χ1n) is 6.40. The Balaban J connectivity index is 2.66. The van der Waals surface area contributed by atoms with Gasteiger partial charge in [-0.1, -0.05) is 28.1 Å². The molecule has 1 aromatic rings. The number of hydrogen-bond acceptors (Lipinski definition) is 3. The summed E-state index contributed by atoms with van der Waals surface area (Å²) in [6.07, 6.45) is 3.17. The fourth-order valence-corrected chi connectivity index (χ4v) is 2.27. The Bertz CT molecular complexity index is 542. The smallest absolute Gasteiger partial charge is 0.326 e. The minimum absolute atomic E-state index is 0.222. The van der Waals surface area contributed by atoms with Crippen LogP contribution in [0.4, 0.5) is 0 Å². The van der Waals surface area contributed by atoms with Crippen LogP contribution in [0.25, 0.3) is 6.08 Å². The number of carboxylic acids is 1. The molecule has 5 nitrogen and oxygen atoms in total. The van der Waals surface area contributed by atoms with Crippen LogP contribution in [0.15, 0.2) is 28.7 Å². The lowest BCUT2D eigenvalue weighted by Crippen LogP contribution is -2.40. The van der Waals surface area contributed by atoms with Crippen LogP contribution >= 0.6 is 15.9 Å². The molecule has 1 unspecified atom stereocenters. The molecule has 1 amide bonds. The van der Waals surface area contributed by atoms with E-state index in [4.69, 9.17) is 9.84 Å². The van der Waals surface area contributed by atoms with Gasteiger partial charge >= 0.3 is 5.97 Å². The van der Waals surface area contributed by atoms with Crippen molar-refractivity contribution in [1.29, 1.82) is 0 Å². The summed E-state index contributed by atoms with van der Waals surface area (Å²) in [6, 6.07) is 4.79. The Morgan fingerprint density at radius 2 is 2.19 bits per heavy atom. The van der Waals surface area contributed by atoms with Crippen molar-refractivity contribution in [2.45, 2.75) is 19.4 Å². The summed E-state index contributed by atoms with van der Waals surface area (Å²) in [4.78, 5) is 22.8. The first-order chi connectivity index (χ1) is 9.93. The van der Waals surface area contributed by atoms with Crippen molar-refractivity contribution in [1.82, 2.24) is 5.32 Å². The van der Waals surface area contributed by atoms with Crippen molar-refractivity contribution in [3.63, 3.8) is 0 Å². The summed E-state index contributed by atoms with van der Waals surface area (Å²) < 4.78 is 5.70. The third-order valence-corrected chi connectivity index (χ3v) is 3.48. The lowest BCUT2D eigenvalue weighted by molar-refractivity contribution is -0.141. The zero-order valence-electron chi connectivity index (χ0n) is 11.9. The van der Waals surface area contributed by atoms with Gasteiger partial charge < -0.3 is 15.2 Å². The molecule has 0 aliphatic rings. The molecule has 1 rings (SSSR count). The van der Waals surface area contributed by atoms with Crippen LogP contribution in [0.2, 0.25) is 0 Å². The van der Waals surface area contributed by atoms with E-state index in [0.717, 1.165) is 15.6 Å². The van der Waals surface area contributed by atoms with Gasteiger partial charge in [0.1, 0.15) is 6.04 Å². The van der Waals surface area contributed by atoms with Crippen molar-refractivity contribution in [2.75, 3.05) is 13.7 Å². The van der Waals surface area contributed by atoms with Gasteiger partial charge in [-0.2, -0.15) is 0 Å². The van der Waals surface area contributed by atoms with Gasteiger partial charge in [-0.05, 0) is 30.2 Å². The van der Waals surface area contributed by atoms with Crippen LogP contribution in [0, 0.1) is 6.92 Å². The molecule has 0 aromatic heterocycles. The van der Waals surface area contributed by atoms with Gasteiger partial charge in [0.25, 0.3) is 0 Å². The molecule has 21 heavy (non-hydrogen) atoms. The first-order valence-corrected chi connectivity index (χ1v) is 7.20. The summed E-state index contributed by atoms with van der Waals surface area (Å²) in [5, 5.41) is 11.4. The summed E-state index contributed by atoms with van der Waals surface area (Å²) in [6.45, 7) is 2.24. The van der Waals surface area contributed by atoms with E-state index >= 15 is 0 Å². The third kappa shape index (κ3) is 6.10. The Hall–Kier alpha value is -1.66. The van der Waals surface area contributed by atoms with E-state index < -0.39 is 17.9 Å². The Kier molecular flexibility index (Phi) is 7.11. The fraction of sp³-hybridized carbons (Fsp3) is 0.333. The fourth-order valence-electron chi connectivity index (χ4n) is 1.65. The lowest BCUT2D eigenvalue weighted by atomic mass is 10.1. The van der Waals surface area contributed by atoms with Gasteiger partial charge in [0.2, 0.25) is 5.91 Å². The number of ether oxygens (including phenoxy) is 1. The maximum absolute atomic E-state index is 11.8. The second-order valence-corrected chi connectivity index (χ2v) is 5.39. The highest BCUT2D eigenvalue weighted by molar-refractivity contribution is 9.10. The number of carboxylic acid groups (broad SMARTS) is 1. The minimum Gasteiger partial charge on any atom is -0.480 e. The van der Waals surface area contributed by atoms with Crippen molar-refractivity contribution >= 4 is 33.9 Å². The van der Waals surface area contributed by atoms with Gasteiger partial charge in [0, 0.05) is 30.7 Å². The van der Waals surface area contributed by atoms with Gasteiger partial charge in [-0.3, -0.25) is 4.79 Å². The van der Waals surface area contributed by atoms with E-state index in [1.165, 1.54) is 13.2 Å². The van der Waals surface area contributed by atoms with E-state index in [2.05, 4.69) is 21.2 Å². The van der Waals surface area contributed by atoms with E-state index in [0.29, 0.717) is 0 Å². The van der Waals surface area contributed by atoms with E-state index in [-0.39, 0.29) is 13.0 Å². The van der Waals surface area contributed by atoms with E-state index in [1.54, 1.807) is 6.08 Å². The monoisotopic (exact) mass is 355 g/mol. The van der Waals surface area contributed by atoms with Gasteiger partial charge in [-0.15, -0.1) is 0 Å². The Morgan fingerprint density at radius 3 is 2.76 bits per heavy atom. The van der Waals surface area contributed by atoms with Crippen molar-refractivity contribution in [3.8, 4) is 0 Å². The van der Waals surface area contributed by atoms with E-state index in [1.807, 2.05) is 25.1 Å². The molecule has 0 heterocycles. The van der Waals surface area contributed by atoms with Crippen LogP contribution in [-0.2, 0) is 14.3 Å². The first kappa shape index (κ1) is 17.4. The molecule has 1 atom stereocenters. The third-order valence-electron chi connectivity index (χ3n) is 2.80. The SMILES string of the molecule is COCCC(NC(=O)C=Cc1ccc(C)cc1Br)C(=O)O. The topological polar surface area (TPSA) is 75.6 Å². The van der Waals surface area contributed by atoms with Gasteiger partial charge in [0.15, 0.2) is 0 Å². The molecule has 0 aliphatic heterocycles. The molecule has 114 valence electrons. The van der Waals surface area contributed by atoms with Gasteiger partial charge in [-0.25, -0.2) is 4.79 Å². The van der Waals surface area contributed by atoms with Crippen molar-refractivity contribution in [2.24, 2.45) is 0 Å². The maximum atomic E-state index is 11.8. The number of carbonyl (C=O) groups is 2. The number of halogens is 1. The number of nitrogens with one attached hydrogen (secondary N) is 1. The molecule has 2 N–H and O–H groups in total. The highest BCUT2D eigenvalue weighted by Crippen LogP contribution is 2.19. The second kappa shape index (κ2) is 8.59. The lowest BCUT2D eigenvalue weighted by Gasteiger charge is -2.12. The van der Waals surface area contributed by atoms with Crippen LogP contribution < -0.4 is 5.32 Å².